The minimum absolute atomic E-state index is 0.0696. The fourth-order valence-corrected chi connectivity index (χ4v) is 3.15. The Bertz CT molecular complexity index is 950. The molecular formula is C22H16O2. The summed E-state index contributed by atoms with van der Waals surface area (Å²) in [6, 6.07) is 23.6. The third-order valence-corrected chi connectivity index (χ3v) is 4.35. The Hall–Kier alpha value is -3.13. The number of carbonyl (C=O) groups is 1. The normalized spacial score (nSPS) is 14.2. The maximum atomic E-state index is 13.0. The number of allylic oxidation sites excluding steroid dienone is 1. The average molecular weight is 312 g/mol. The predicted octanol–water partition coefficient (Wildman–Crippen LogP) is 5.10. The second kappa shape index (κ2) is 5.82. The number of hydrogen-bond donors (Lipinski definition) is 0. The van der Waals surface area contributed by atoms with E-state index >= 15 is 0 Å². The maximum Gasteiger partial charge on any atom is 0.194 e. The van der Waals surface area contributed by atoms with Gasteiger partial charge in [-0.05, 0) is 40.5 Å². The Morgan fingerprint density at radius 1 is 0.708 bits per heavy atom. The molecule has 3 aromatic rings. The summed E-state index contributed by atoms with van der Waals surface area (Å²) in [5, 5.41) is 0. The van der Waals surface area contributed by atoms with E-state index in [4.69, 9.17) is 4.74 Å². The van der Waals surface area contributed by atoms with E-state index in [1.165, 1.54) is 0 Å². The molecule has 0 radical (unpaired) electrons. The molecule has 0 aliphatic heterocycles. The van der Waals surface area contributed by atoms with Crippen LogP contribution in [0.2, 0.25) is 0 Å². The summed E-state index contributed by atoms with van der Waals surface area (Å²) in [5.74, 6) is 0.873. The smallest absolute Gasteiger partial charge is 0.194 e. The number of fused-ring (bicyclic) bond motifs is 3. The van der Waals surface area contributed by atoms with Gasteiger partial charge >= 0.3 is 0 Å². The molecule has 0 N–H and O–H groups in total. The first-order valence-electron chi connectivity index (χ1n) is 7.87. The number of hydrogen-bond acceptors (Lipinski definition) is 2. The quantitative estimate of drug-likeness (QED) is 0.615. The van der Waals surface area contributed by atoms with Gasteiger partial charge in [0.15, 0.2) is 5.78 Å². The highest BCUT2D eigenvalue weighted by molar-refractivity contribution is 6.37. The van der Waals surface area contributed by atoms with Crippen LogP contribution in [0.4, 0.5) is 0 Å². The molecule has 1 aliphatic rings. The molecule has 0 bridgehead atoms. The van der Waals surface area contributed by atoms with E-state index in [0.717, 1.165) is 39.1 Å². The Kier molecular flexibility index (Phi) is 3.51. The van der Waals surface area contributed by atoms with Crippen molar-refractivity contribution < 1.29 is 9.53 Å². The molecule has 2 heteroatoms. The summed E-state index contributed by atoms with van der Waals surface area (Å²) in [4.78, 5) is 13.0. The molecule has 116 valence electrons. The highest BCUT2D eigenvalue weighted by Crippen LogP contribution is 2.39. The molecule has 0 saturated carbocycles. The molecule has 0 unspecified atom stereocenters. The van der Waals surface area contributed by atoms with Crippen LogP contribution < -0.4 is 4.74 Å². The number of Topliss-reactive ketones (excluding diaryl/α,β-unsaturated/α-hetero) is 1. The number of carbonyl (C=O) groups excluding carboxylic acids is 1. The zero-order valence-electron chi connectivity index (χ0n) is 13.3. The van der Waals surface area contributed by atoms with Crippen molar-refractivity contribution in [3.63, 3.8) is 0 Å². The lowest BCUT2D eigenvalue weighted by molar-refractivity contribution is 0.105. The van der Waals surface area contributed by atoms with Crippen LogP contribution in [0, 0.1) is 0 Å². The first-order chi connectivity index (χ1) is 11.8. The molecule has 0 atom stereocenters. The standard InChI is InChI=1S/C22H16O2/c1-24-16-12-10-15(11-13-16)14-21-19-8-3-2-6-17(19)18-7-4-5-9-20(18)22(21)23/h2-14H,1H3. The van der Waals surface area contributed by atoms with E-state index in [1.807, 2.05) is 72.8 Å². The van der Waals surface area contributed by atoms with Gasteiger partial charge in [-0.1, -0.05) is 60.7 Å². The molecule has 4 rings (SSSR count). The lowest BCUT2D eigenvalue weighted by atomic mass is 9.81. The molecule has 0 heterocycles. The van der Waals surface area contributed by atoms with E-state index in [0.29, 0.717) is 0 Å². The Morgan fingerprint density at radius 3 is 1.88 bits per heavy atom. The van der Waals surface area contributed by atoms with Crippen molar-refractivity contribution in [2.45, 2.75) is 0 Å². The lowest BCUT2D eigenvalue weighted by Crippen LogP contribution is -2.11. The van der Waals surface area contributed by atoms with Crippen molar-refractivity contribution >= 4 is 17.4 Å². The molecule has 0 saturated heterocycles. The van der Waals surface area contributed by atoms with Crippen LogP contribution in [0.5, 0.6) is 5.75 Å². The topological polar surface area (TPSA) is 26.3 Å². The van der Waals surface area contributed by atoms with Gasteiger partial charge in [-0.15, -0.1) is 0 Å². The van der Waals surface area contributed by atoms with Crippen LogP contribution in [0.15, 0.2) is 72.8 Å². The maximum absolute atomic E-state index is 13.0. The van der Waals surface area contributed by atoms with Gasteiger partial charge in [0.1, 0.15) is 5.75 Å². The Labute approximate surface area is 141 Å². The zero-order valence-corrected chi connectivity index (χ0v) is 13.3. The van der Waals surface area contributed by atoms with Gasteiger partial charge in [0.05, 0.1) is 7.11 Å². The van der Waals surface area contributed by atoms with Crippen LogP contribution in [-0.2, 0) is 0 Å². The molecular weight excluding hydrogens is 296 g/mol. The molecule has 0 spiro atoms. The molecule has 0 aromatic heterocycles. The van der Waals surface area contributed by atoms with Crippen molar-refractivity contribution in [1.82, 2.24) is 0 Å². The summed E-state index contributed by atoms with van der Waals surface area (Å²) in [5.41, 5.74) is 5.56. The molecule has 1 aliphatic carbocycles. The van der Waals surface area contributed by atoms with Gasteiger partial charge in [0, 0.05) is 11.1 Å². The third-order valence-electron chi connectivity index (χ3n) is 4.35. The highest BCUT2D eigenvalue weighted by atomic mass is 16.5. The summed E-state index contributed by atoms with van der Waals surface area (Å²) >= 11 is 0. The third kappa shape index (κ3) is 2.33. The molecule has 3 aromatic carbocycles. The Balaban J connectivity index is 1.89. The number of benzene rings is 3. The van der Waals surface area contributed by atoms with Crippen LogP contribution in [0.1, 0.15) is 21.5 Å². The fraction of sp³-hybridized carbons (Fsp3) is 0.0455. The molecule has 24 heavy (non-hydrogen) atoms. The van der Waals surface area contributed by atoms with Crippen molar-refractivity contribution in [3.05, 3.63) is 89.5 Å². The fourth-order valence-electron chi connectivity index (χ4n) is 3.15. The summed E-state index contributed by atoms with van der Waals surface area (Å²) in [6.07, 6.45) is 1.95. The zero-order chi connectivity index (χ0) is 16.5. The lowest BCUT2D eigenvalue weighted by Gasteiger charge is -2.21. The molecule has 0 amide bonds. The van der Waals surface area contributed by atoms with Gasteiger partial charge < -0.3 is 4.74 Å². The van der Waals surface area contributed by atoms with E-state index in [1.54, 1.807) is 7.11 Å². The van der Waals surface area contributed by atoms with Crippen LogP contribution in [0.25, 0.3) is 22.8 Å². The monoisotopic (exact) mass is 312 g/mol. The largest absolute Gasteiger partial charge is 0.497 e. The first-order valence-corrected chi connectivity index (χ1v) is 7.87. The highest BCUT2D eigenvalue weighted by Gasteiger charge is 2.26. The molecule has 2 nitrogen and oxygen atoms in total. The van der Waals surface area contributed by atoms with Crippen LogP contribution >= 0.6 is 0 Å². The van der Waals surface area contributed by atoms with Crippen molar-refractivity contribution in [2.75, 3.05) is 7.11 Å². The summed E-state index contributed by atoms with van der Waals surface area (Å²) in [6.45, 7) is 0. The van der Waals surface area contributed by atoms with Gasteiger partial charge in [0.2, 0.25) is 0 Å². The van der Waals surface area contributed by atoms with Gasteiger partial charge in [0.25, 0.3) is 0 Å². The second-order valence-electron chi connectivity index (χ2n) is 5.75. The van der Waals surface area contributed by atoms with Crippen molar-refractivity contribution in [2.24, 2.45) is 0 Å². The predicted molar refractivity (Wildman–Crippen MR) is 97.1 cm³/mol. The molecule has 0 fully saturated rings. The van der Waals surface area contributed by atoms with E-state index in [9.17, 15) is 4.79 Å². The van der Waals surface area contributed by atoms with Gasteiger partial charge in [-0.2, -0.15) is 0 Å². The van der Waals surface area contributed by atoms with Crippen LogP contribution in [0.3, 0.4) is 0 Å². The summed E-state index contributed by atoms with van der Waals surface area (Å²) in [7, 11) is 1.64. The van der Waals surface area contributed by atoms with E-state index in [-0.39, 0.29) is 5.78 Å². The van der Waals surface area contributed by atoms with Gasteiger partial charge in [-0.25, -0.2) is 0 Å². The second-order valence-corrected chi connectivity index (χ2v) is 5.75. The first kappa shape index (κ1) is 14.5. The Morgan fingerprint density at radius 2 is 1.25 bits per heavy atom. The SMILES string of the molecule is COc1ccc(C=C2C(=O)c3ccccc3-c3ccccc32)cc1. The average Bonchev–Trinajstić information content (AvgIpc) is 2.65. The number of ether oxygens (including phenoxy) is 1. The van der Waals surface area contributed by atoms with Crippen molar-refractivity contribution in [1.29, 1.82) is 0 Å². The minimum Gasteiger partial charge on any atom is -0.497 e. The van der Waals surface area contributed by atoms with Gasteiger partial charge in [-0.3, -0.25) is 4.79 Å². The van der Waals surface area contributed by atoms with Crippen LogP contribution in [-0.4, -0.2) is 12.9 Å². The number of ketones is 1. The summed E-state index contributed by atoms with van der Waals surface area (Å²) < 4.78 is 5.20. The number of rotatable bonds is 2. The number of methoxy groups -OCH3 is 1. The van der Waals surface area contributed by atoms with E-state index in [2.05, 4.69) is 6.07 Å². The van der Waals surface area contributed by atoms with E-state index < -0.39 is 0 Å². The minimum atomic E-state index is 0.0696. The van der Waals surface area contributed by atoms with Crippen molar-refractivity contribution in [3.8, 4) is 16.9 Å².